The van der Waals surface area contributed by atoms with Crippen LogP contribution >= 0.6 is 0 Å². The fourth-order valence-corrected chi connectivity index (χ4v) is 1.43. The van der Waals surface area contributed by atoms with Crippen molar-refractivity contribution in [2.45, 2.75) is 0 Å². The second kappa shape index (κ2) is 3.46. The number of aryl methyl sites for hydroxylation is 1. The molecule has 0 unspecified atom stereocenters. The third-order valence-electron chi connectivity index (χ3n) is 2.15. The summed E-state index contributed by atoms with van der Waals surface area (Å²) in [6.45, 7) is 0. The van der Waals surface area contributed by atoms with Crippen molar-refractivity contribution in [2.75, 3.05) is 0 Å². The highest BCUT2D eigenvalue weighted by atomic mass is 16.1. The summed E-state index contributed by atoms with van der Waals surface area (Å²) in [5.41, 5.74) is 1.54. The predicted molar refractivity (Wildman–Crippen MR) is 54.0 cm³/mol. The van der Waals surface area contributed by atoms with E-state index in [-0.39, 0.29) is 0 Å². The van der Waals surface area contributed by atoms with E-state index >= 15 is 0 Å². The van der Waals surface area contributed by atoms with Crippen LogP contribution in [0.3, 0.4) is 0 Å². The Morgan fingerprint density at radius 1 is 1.36 bits per heavy atom. The molecule has 0 aliphatic heterocycles. The Morgan fingerprint density at radius 3 is 2.79 bits per heavy atom. The van der Waals surface area contributed by atoms with Gasteiger partial charge in [-0.15, -0.1) is 0 Å². The summed E-state index contributed by atoms with van der Waals surface area (Å²) in [6, 6.07) is 7.43. The van der Waals surface area contributed by atoms with Crippen LogP contribution in [0.25, 0.3) is 11.4 Å². The normalized spacial score (nSPS) is 10.1. The Kier molecular flexibility index (Phi) is 2.14. The molecule has 1 aromatic carbocycles. The van der Waals surface area contributed by atoms with E-state index in [0.717, 1.165) is 17.7 Å². The monoisotopic (exact) mass is 186 g/mol. The molecule has 2 rings (SSSR count). The fraction of sp³-hybridized carbons (Fsp3) is 0.0909. The van der Waals surface area contributed by atoms with Gasteiger partial charge in [0.25, 0.3) is 0 Å². The lowest BCUT2D eigenvalue weighted by atomic mass is 10.1. The summed E-state index contributed by atoms with van der Waals surface area (Å²) < 4.78 is 1.89. The molecule has 0 radical (unpaired) electrons. The summed E-state index contributed by atoms with van der Waals surface area (Å²) in [5, 5.41) is 0. The molecule has 0 amide bonds. The number of carbonyl (C=O) groups is 1. The highest BCUT2D eigenvalue weighted by molar-refractivity contribution is 5.85. The van der Waals surface area contributed by atoms with Crippen LogP contribution in [0, 0.1) is 0 Å². The molecular formula is C11H10N2O. The molecule has 0 saturated carbocycles. The minimum absolute atomic E-state index is 0.668. The molecule has 0 aliphatic carbocycles. The minimum Gasteiger partial charge on any atom is -0.334 e. The average molecular weight is 186 g/mol. The molecule has 0 N–H and O–H groups in total. The lowest BCUT2D eigenvalue weighted by Gasteiger charge is -2.03. The van der Waals surface area contributed by atoms with E-state index in [1.54, 1.807) is 12.3 Å². The van der Waals surface area contributed by atoms with Crippen LogP contribution in [-0.2, 0) is 7.05 Å². The molecule has 1 heterocycles. The molecule has 3 heteroatoms. The molecule has 0 saturated heterocycles. The molecule has 0 atom stereocenters. The summed E-state index contributed by atoms with van der Waals surface area (Å²) in [5.74, 6) is 0.813. The first kappa shape index (κ1) is 8.69. The number of imidazole rings is 1. The van der Waals surface area contributed by atoms with E-state index < -0.39 is 0 Å². The Morgan fingerprint density at radius 2 is 2.14 bits per heavy atom. The third-order valence-corrected chi connectivity index (χ3v) is 2.15. The number of aldehydes is 1. The smallest absolute Gasteiger partial charge is 0.150 e. The van der Waals surface area contributed by atoms with Gasteiger partial charge >= 0.3 is 0 Å². The van der Waals surface area contributed by atoms with Gasteiger partial charge in [-0.25, -0.2) is 4.98 Å². The van der Waals surface area contributed by atoms with E-state index in [1.807, 2.05) is 36.0 Å². The van der Waals surface area contributed by atoms with Gasteiger partial charge < -0.3 is 4.57 Å². The van der Waals surface area contributed by atoms with Crippen molar-refractivity contribution >= 4 is 6.29 Å². The largest absolute Gasteiger partial charge is 0.334 e. The van der Waals surface area contributed by atoms with Gasteiger partial charge in [0, 0.05) is 30.6 Å². The van der Waals surface area contributed by atoms with Crippen LogP contribution in [0.2, 0.25) is 0 Å². The zero-order chi connectivity index (χ0) is 9.97. The van der Waals surface area contributed by atoms with Crippen molar-refractivity contribution in [3.63, 3.8) is 0 Å². The molecule has 1 aromatic heterocycles. The molecule has 0 aliphatic rings. The van der Waals surface area contributed by atoms with Crippen molar-refractivity contribution in [3.8, 4) is 11.4 Å². The molecule has 3 nitrogen and oxygen atoms in total. The van der Waals surface area contributed by atoms with Crippen LogP contribution in [-0.4, -0.2) is 15.8 Å². The second-order valence-corrected chi connectivity index (χ2v) is 3.07. The van der Waals surface area contributed by atoms with Crippen LogP contribution in [0.1, 0.15) is 10.4 Å². The van der Waals surface area contributed by atoms with Crippen LogP contribution < -0.4 is 0 Å². The Bertz CT molecular complexity index is 460. The Hall–Kier alpha value is -1.90. The SMILES string of the molecule is Cn1ccnc1-c1ccccc1C=O. The Balaban J connectivity index is 2.62. The average Bonchev–Trinajstić information content (AvgIpc) is 2.64. The van der Waals surface area contributed by atoms with E-state index in [2.05, 4.69) is 4.98 Å². The van der Waals surface area contributed by atoms with Crippen molar-refractivity contribution in [3.05, 3.63) is 42.2 Å². The van der Waals surface area contributed by atoms with Gasteiger partial charge in [-0.1, -0.05) is 24.3 Å². The number of hydrogen-bond acceptors (Lipinski definition) is 2. The van der Waals surface area contributed by atoms with Crippen molar-refractivity contribution in [1.82, 2.24) is 9.55 Å². The molecule has 2 aromatic rings. The van der Waals surface area contributed by atoms with E-state index in [1.165, 1.54) is 0 Å². The fourth-order valence-electron chi connectivity index (χ4n) is 1.43. The number of aromatic nitrogens is 2. The minimum atomic E-state index is 0.668. The lowest BCUT2D eigenvalue weighted by Crippen LogP contribution is -1.94. The van der Waals surface area contributed by atoms with E-state index in [0.29, 0.717) is 5.56 Å². The zero-order valence-electron chi connectivity index (χ0n) is 7.84. The lowest BCUT2D eigenvalue weighted by molar-refractivity contribution is 0.112. The Labute approximate surface area is 82.0 Å². The van der Waals surface area contributed by atoms with Crippen LogP contribution in [0.4, 0.5) is 0 Å². The number of rotatable bonds is 2. The zero-order valence-corrected chi connectivity index (χ0v) is 7.84. The van der Waals surface area contributed by atoms with Gasteiger partial charge in [-0.3, -0.25) is 4.79 Å². The van der Waals surface area contributed by atoms with Gasteiger partial charge in [-0.05, 0) is 0 Å². The first-order valence-corrected chi connectivity index (χ1v) is 4.35. The molecule has 0 fully saturated rings. The molecule has 70 valence electrons. The maximum absolute atomic E-state index is 10.8. The van der Waals surface area contributed by atoms with E-state index in [9.17, 15) is 4.79 Å². The number of benzene rings is 1. The summed E-state index contributed by atoms with van der Waals surface area (Å²) in [7, 11) is 1.91. The van der Waals surface area contributed by atoms with Gasteiger partial charge in [0.1, 0.15) is 5.82 Å². The van der Waals surface area contributed by atoms with Crippen LogP contribution in [0.5, 0.6) is 0 Å². The first-order chi connectivity index (χ1) is 6.83. The molecule has 0 bridgehead atoms. The predicted octanol–water partition coefficient (Wildman–Crippen LogP) is 1.90. The highest BCUT2D eigenvalue weighted by Crippen LogP contribution is 2.19. The summed E-state index contributed by atoms with van der Waals surface area (Å²) in [4.78, 5) is 15.0. The molecule has 0 spiro atoms. The van der Waals surface area contributed by atoms with Gasteiger partial charge in [0.05, 0.1) is 0 Å². The molecular weight excluding hydrogens is 176 g/mol. The standard InChI is InChI=1S/C11H10N2O/c1-13-7-6-12-11(13)10-5-3-2-4-9(10)8-14/h2-8H,1H3. The third kappa shape index (κ3) is 1.33. The highest BCUT2D eigenvalue weighted by Gasteiger charge is 2.06. The molecule has 14 heavy (non-hydrogen) atoms. The van der Waals surface area contributed by atoms with Gasteiger partial charge in [0.15, 0.2) is 6.29 Å². The van der Waals surface area contributed by atoms with Gasteiger partial charge in [-0.2, -0.15) is 0 Å². The number of hydrogen-bond donors (Lipinski definition) is 0. The van der Waals surface area contributed by atoms with Crippen LogP contribution in [0.15, 0.2) is 36.7 Å². The maximum atomic E-state index is 10.8. The number of nitrogens with zero attached hydrogens (tertiary/aromatic N) is 2. The number of carbonyl (C=O) groups excluding carboxylic acids is 1. The quantitative estimate of drug-likeness (QED) is 0.671. The second-order valence-electron chi connectivity index (χ2n) is 3.07. The van der Waals surface area contributed by atoms with Crippen molar-refractivity contribution < 1.29 is 4.79 Å². The topological polar surface area (TPSA) is 34.9 Å². The van der Waals surface area contributed by atoms with Crippen molar-refractivity contribution in [1.29, 1.82) is 0 Å². The maximum Gasteiger partial charge on any atom is 0.150 e. The first-order valence-electron chi connectivity index (χ1n) is 4.35. The van der Waals surface area contributed by atoms with Crippen molar-refractivity contribution in [2.24, 2.45) is 7.05 Å². The van der Waals surface area contributed by atoms with Gasteiger partial charge in [0.2, 0.25) is 0 Å². The summed E-state index contributed by atoms with van der Waals surface area (Å²) in [6.07, 6.45) is 4.43. The summed E-state index contributed by atoms with van der Waals surface area (Å²) >= 11 is 0. The van der Waals surface area contributed by atoms with E-state index in [4.69, 9.17) is 0 Å².